The number of aryl methyl sites for hydroxylation is 2. The number of ether oxygens (including phenoxy) is 1. The van der Waals surface area contributed by atoms with Crippen LogP contribution >= 0.6 is 0 Å². The SMILES string of the molecule is COc1ccc(S(=O)(=O)N2CCc3ccccc32)cc1C(=O)Nc1ccc(C)cc1C. The van der Waals surface area contributed by atoms with Crippen molar-refractivity contribution in [2.45, 2.75) is 25.2 Å². The standard InChI is InChI=1S/C24H24N2O4S/c1-16-8-10-21(17(2)14-16)25-24(27)20-15-19(9-11-23(20)30-3)31(28,29)26-13-12-18-6-4-5-7-22(18)26/h4-11,14-15H,12-13H2,1-3H3,(H,25,27). The maximum Gasteiger partial charge on any atom is 0.264 e. The number of amides is 1. The predicted molar refractivity (Wildman–Crippen MR) is 122 cm³/mol. The minimum absolute atomic E-state index is 0.0516. The molecule has 0 saturated heterocycles. The van der Waals surface area contributed by atoms with E-state index in [2.05, 4.69) is 5.32 Å². The van der Waals surface area contributed by atoms with E-state index in [0.717, 1.165) is 16.7 Å². The fourth-order valence-corrected chi connectivity index (χ4v) is 5.38. The van der Waals surface area contributed by atoms with Gasteiger partial charge in [-0.1, -0.05) is 35.9 Å². The molecule has 0 aromatic heterocycles. The van der Waals surface area contributed by atoms with Gasteiger partial charge in [0.2, 0.25) is 0 Å². The second-order valence-corrected chi connectivity index (χ2v) is 9.45. The number of para-hydroxylation sites is 1. The van der Waals surface area contributed by atoms with Crippen LogP contribution in [0, 0.1) is 13.8 Å². The third-order valence-electron chi connectivity index (χ3n) is 5.48. The summed E-state index contributed by atoms with van der Waals surface area (Å²) in [5.74, 6) is -0.120. The number of anilines is 2. The van der Waals surface area contributed by atoms with Crippen LogP contribution in [0.3, 0.4) is 0 Å². The molecule has 0 aliphatic carbocycles. The number of sulfonamides is 1. The first-order valence-corrected chi connectivity index (χ1v) is 11.4. The first-order chi connectivity index (χ1) is 14.8. The highest BCUT2D eigenvalue weighted by molar-refractivity contribution is 7.92. The van der Waals surface area contributed by atoms with E-state index in [-0.39, 0.29) is 10.5 Å². The number of carbonyl (C=O) groups is 1. The van der Waals surface area contributed by atoms with Gasteiger partial charge in [0.15, 0.2) is 0 Å². The van der Waals surface area contributed by atoms with Crippen LogP contribution in [0.1, 0.15) is 27.0 Å². The van der Waals surface area contributed by atoms with E-state index in [1.54, 1.807) is 6.07 Å². The quantitative estimate of drug-likeness (QED) is 0.646. The molecule has 7 heteroatoms. The summed E-state index contributed by atoms with van der Waals surface area (Å²) in [7, 11) is -2.37. The lowest BCUT2D eigenvalue weighted by Crippen LogP contribution is -2.29. The van der Waals surface area contributed by atoms with E-state index in [9.17, 15) is 13.2 Å². The molecule has 31 heavy (non-hydrogen) atoms. The Morgan fingerprint density at radius 3 is 2.55 bits per heavy atom. The van der Waals surface area contributed by atoms with Crippen LogP contribution in [0.15, 0.2) is 65.6 Å². The van der Waals surface area contributed by atoms with Gasteiger partial charge in [0.05, 0.1) is 23.3 Å². The lowest BCUT2D eigenvalue weighted by molar-refractivity contribution is 0.102. The molecule has 1 aliphatic heterocycles. The number of hydrogen-bond acceptors (Lipinski definition) is 4. The highest BCUT2D eigenvalue weighted by Gasteiger charge is 2.31. The number of methoxy groups -OCH3 is 1. The van der Waals surface area contributed by atoms with Crippen molar-refractivity contribution in [1.29, 1.82) is 0 Å². The maximum atomic E-state index is 13.4. The van der Waals surface area contributed by atoms with Crippen LogP contribution in [0.5, 0.6) is 5.75 Å². The number of benzene rings is 3. The minimum atomic E-state index is -3.82. The molecule has 0 saturated carbocycles. The number of fused-ring (bicyclic) bond motifs is 1. The third kappa shape index (κ3) is 3.88. The number of hydrogen-bond donors (Lipinski definition) is 1. The van der Waals surface area contributed by atoms with Gasteiger partial charge in [-0.15, -0.1) is 0 Å². The van der Waals surface area contributed by atoms with Crippen molar-refractivity contribution in [3.8, 4) is 5.75 Å². The zero-order chi connectivity index (χ0) is 22.2. The van der Waals surface area contributed by atoms with Crippen LogP contribution in [0.2, 0.25) is 0 Å². The van der Waals surface area contributed by atoms with E-state index >= 15 is 0 Å². The molecule has 1 N–H and O–H groups in total. The zero-order valence-corrected chi connectivity index (χ0v) is 18.5. The van der Waals surface area contributed by atoms with Gasteiger partial charge in [-0.25, -0.2) is 8.42 Å². The number of rotatable bonds is 5. The summed E-state index contributed by atoms with van der Waals surface area (Å²) in [5.41, 5.74) is 4.51. The molecule has 0 unspecified atom stereocenters. The second-order valence-electron chi connectivity index (χ2n) is 7.59. The Bertz CT molecular complexity index is 1270. The molecule has 3 aromatic carbocycles. The Hall–Kier alpha value is -3.32. The summed E-state index contributed by atoms with van der Waals surface area (Å²) in [6.07, 6.45) is 0.658. The van der Waals surface area contributed by atoms with E-state index in [1.165, 1.54) is 29.6 Å². The van der Waals surface area contributed by atoms with Crippen LogP contribution in [-0.4, -0.2) is 28.0 Å². The van der Waals surface area contributed by atoms with E-state index in [1.807, 2.05) is 50.2 Å². The van der Waals surface area contributed by atoms with Gasteiger partial charge in [-0.05, 0) is 61.7 Å². The Labute approximate surface area is 182 Å². The highest BCUT2D eigenvalue weighted by Crippen LogP contribution is 2.34. The van der Waals surface area contributed by atoms with Gasteiger partial charge < -0.3 is 10.1 Å². The van der Waals surface area contributed by atoms with Gasteiger partial charge >= 0.3 is 0 Å². The first-order valence-electron chi connectivity index (χ1n) is 9.98. The van der Waals surface area contributed by atoms with Crippen molar-refractivity contribution in [2.24, 2.45) is 0 Å². The molecule has 4 rings (SSSR count). The monoisotopic (exact) mass is 436 g/mol. The first kappa shape index (κ1) is 20.9. The lowest BCUT2D eigenvalue weighted by Gasteiger charge is -2.20. The second kappa shape index (κ2) is 8.07. The summed E-state index contributed by atoms with van der Waals surface area (Å²) in [6.45, 7) is 4.26. The van der Waals surface area contributed by atoms with Crippen molar-refractivity contribution < 1.29 is 17.9 Å². The van der Waals surface area contributed by atoms with Gasteiger partial charge in [0, 0.05) is 12.2 Å². The average molecular weight is 437 g/mol. The van der Waals surface area contributed by atoms with Gasteiger partial charge in [-0.2, -0.15) is 0 Å². The number of nitrogens with one attached hydrogen (secondary N) is 1. The highest BCUT2D eigenvalue weighted by atomic mass is 32.2. The maximum absolute atomic E-state index is 13.4. The average Bonchev–Trinajstić information content (AvgIpc) is 3.20. The molecule has 0 spiro atoms. The molecule has 1 amide bonds. The molecular formula is C24H24N2O4S. The van der Waals surface area contributed by atoms with Gasteiger partial charge in [-0.3, -0.25) is 9.10 Å². The number of nitrogens with zero attached hydrogens (tertiary/aromatic N) is 1. The van der Waals surface area contributed by atoms with Crippen LogP contribution in [0.25, 0.3) is 0 Å². The largest absolute Gasteiger partial charge is 0.496 e. The van der Waals surface area contributed by atoms with Crippen molar-refractivity contribution in [3.63, 3.8) is 0 Å². The van der Waals surface area contributed by atoms with Crippen molar-refractivity contribution >= 4 is 27.3 Å². The van der Waals surface area contributed by atoms with E-state index in [4.69, 9.17) is 4.74 Å². The fourth-order valence-electron chi connectivity index (χ4n) is 3.85. The van der Waals surface area contributed by atoms with Crippen LogP contribution in [-0.2, 0) is 16.4 Å². The third-order valence-corrected chi connectivity index (χ3v) is 7.29. The Morgan fingerprint density at radius 1 is 1.03 bits per heavy atom. The zero-order valence-electron chi connectivity index (χ0n) is 17.7. The molecule has 3 aromatic rings. The summed E-state index contributed by atoms with van der Waals surface area (Å²) < 4.78 is 33.5. The van der Waals surface area contributed by atoms with Gasteiger partial charge in [0.1, 0.15) is 5.75 Å². The molecule has 0 radical (unpaired) electrons. The Kier molecular flexibility index (Phi) is 5.45. The van der Waals surface area contributed by atoms with E-state index < -0.39 is 15.9 Å². The molecule has 0 bridgehead atoms. The summed E-state index contributed by atoms with van der Waals surface area (Å²) >= 11 is 0. The van der Waals surface area contributed by atoms with Crippen molar-refractivity contribution in [3.05, 3.63) is 82.9 Å². The smallest absolute Gasteiger partial charge is 0.264 e. The molecule has 0 atom stereocenters. The van der Waals surface area contributed by atoms with Crippen molar-refractivity contribution in [2.75, 3.05) is 23.3 Å². The Balaban J connectivity index is 1.70. The Morgan fingerprint density at radius 2 is 1.81 bits per heavy atom. The summed E-state index contributed by atoms with van der Waals surface area (Å²) in [6, 6.07) is 17.5. The summed E-state index contributed by atoms with van der Waals surface area (Å²) in [5, 5.41) is 2.86. The van der Waals surface area contributed by atoms with E-state index in [0.29, 0.717) is 30.1 Å². The summed E-state index contributed by atoms with van der Waals surface area (Å²) in [4.78, 5) is 13.1. The molecular weight excluding hydrogens is 412 g/mol. The van der Waals surface area contributed by atoms with Crippen LogP contribution in [0.4, 0.5) is 11.4 Å². The lowest BCUT2D eigenvalue weighted by atomic mass is 10.1. The fraction of sp³-hybridized carbons (Fsp3) is 0.208. The van der Waals surface area contributed by atoms with Gasteiger partial charge in [0.25, 0.3) is 15.9 Å². The molecule has 160 valence electrons. The molecule has 6 nitrogen and oxygen atoms in total. The normalized spacial score (nSPS) is 13.1. The number of carbonyl (C=O) groups excluding carboxylic acids is 1. The molecule has 0 fully saturated rings. The van der Waals surface area contributed by atoms with Crippen molar-refractivity contribution in [1.82, 2.24) is 0 Å². The van der Waals surface area contributed by atoms with Crippen LogP contribution < -0.4 is 14.4 Å². The topological polar surface area (TPSA) is 75.7 Å². The molecule has 1 heterocycles. The molecule has 1 aliphatic rings. The minimum Gasteiger partial charge on any atom is -0.496 e. The predicted octanol–water partition coefficient (Wildman–Crippen LogP) is 4.32.